The summed E-state index contributed by atoms with van der Waals surface area (Å²) in [6.07, 6.45) is 4.00. The summed E-state index contributed by atoms with van der Waals surface area (Å²) in [7, 11) is 1.52. The van der Waals surface area contributed by atoms with Crippen LogP contribution >= 0.6 is 0 Å². The fourth-order valence-corrected chi connectivity index (χ4v) is 4.07. The minimum atomic E-state index is -0.238. The predicted octanol–water partition coefficient (Wildman–Crippen LogP) is 3.81. The number of carbonyl (C=O) groups excluding carboxylic acids is 1. The summed E-state index contributed by atoms with van der Waals surface area (Å²) in [6, 6.07) is 5.26. The minimum Gasteiger partial charge on any atom is -0.504 e. The number of hydrogen-bond acceptors (Lipinski definition) is 3. The second-order valence-corrected chi connectivity index (χ2v) is 7.01. The molecule has 1 aromatic carbocycles. The largest absolute Gasteiger partial charge is 0.504 e. The zero-order chi connectivity index (χ0) is 15.4. The quantitative estimate of drug-likeness (QED) is 0.841. The lowest BCUT2D eigenvalue weighted by atomic mass is 9.70. The Morgan fingerprint density at radius 2 is 2.05 bits per heavy atom. The number of carbonyl (C=O) groups is 1. The Balaban J connectivity index is 2.02. The van der Waals surface area contributed by atoms with E-state index >= 15 is 0 Å². The molecule has 2 fully saturated rings. The van der Waals surface area contributed by atoms with Crippen molar-refractivity contribution in [3.05, 3.63) is 29.3 Å². The van der Waals surface area contributed by atoms with E-state index in [4.69, 9.17) is 4.74 Å². The van der Waals surface area contributed by atoms with Gasteiger partial charge in [0.25, 0.3) is 0 Å². The van der Waals surface area contributed by atoms with E-state index in [-0.39, 0.29) is 22.4 Å². The molecule has 3 heteroatoms. The molecule has 0 aliphatic heterocycles. The molecular weight excluding hydrogens is 264 g/mol. The molecule has 2 bridgehead atoms. The first kappa shape index (κ1) is 14.2. The Kier molecular flexibility index (Phi) is 2.94. The molecule has 1 aromatic rings. The summed E-state index contributed by atoms with van der Waals surface area (Å²) < 4.78 is 5.05. The number of benzene rings is 1. The number of fused-ring (bicyclic) bond motifs is 2. The number of Topliss-reactive ketones (excluding diaryl/α,β-unsaturated/α-hetero) is 1. The third-order valence-electron chi connectivity index (χ3n) is 5.89. The summed E-state index contributed by atoms with van der Waals surface area (Å²) in [5, 5.41) is 9.88. The van der Waals surface area contributed by atoms with Crippen LogP contribution in [0.5, 0.6) is 11.5 Å². The maximum Gasteiger partial charge on any atom is 0.165 e. The molecule has 112 valence electrons. The summed E-state index contributed by atoms with van der Waals surface area (Å²) in [4.78, 5) is 12.8. The van der Waals surface area contributed by atoms with Crippen LogP contribution in [-0.4, -0.2) is 18.0 Å². The molecule has 1 N–H and O–H groups in total. The van der Waals surface area contributed by atoms with Crippen molar-refractivity contribution in [1.82, 2.24) is 0 Å². The molecule has 2 unspecified atom stereocenters. The van der Waals surface area contributed by atoms with Crippen molar-refractivity contribution >= 4 is 11.9 Å². The highest BCUT2D eigenvalue weighted by atomic mass is 16.5. The molecule has 0 aromatic heterocycles. The van der Waals surface area contributed by atoms with Crippen LogP contribution in [0.2, 0.25) is 0 Å². The maximum absolute atomic E-state index is 12.8. The Morgan fingerprint density at radius 1 is 1.33 bits per heavy atom. The molecular formula is C18H22O3. The van der Waals surface area contributed by atoms with Gasteiger partial charge < -0.3 is 9.84 Å². The Labute approximate surface area is 125 Å². The summed E-state index contributed by atoms with van der Waals surface area (Å²) >= 11 is 0. The van der Waals surface area contributed by atoms with Gasteiger partial charge in [-0.1, -0.05) is 26.8 Å². The Morgan fingerprint density at radius 3 is 2.57 bits per heavy atom. The molecule has 3 nitrogen and oxygen atoms in total. The van der Waals surface area contributed by atoms with Gasteiger partial charge >= 0.3 is 0 Å². The summed E-state index contributed by atoms with van der Waals surface area (Å²) in [6.45, 7) is 6.51. The predicted molar refractivity (Wildman–Crippen MR) is 82.3 cm³/mol. The van der Waals surface area contributed by atoms with E-state index in [0.29, 0.717) is 11.7 Å². The molecule has 3 rings (SSSR count). The fourth-order valence-electron chi connectivity index (χ4n) is 4.07. The number of methoxy groups -OCH3 is 1. The number of rotatable bonds is 2. The lowest BCUT2D eigenvalue weighted by Crippen LogP contribution is -2.32. The number of ketones is 1. The normalized spacial score (nSPS) is 31.9. The van der Waals surface area contributed by atoms with Crippen LogP contribution in [0.15, 0.2) is 23.8 Å². The standard InChI is InChI=1S/C18H22O3/c1-17(2)13-7-8-18(17,3)16(20)12(13)9-11-5-6-15(21-4)14(19)10-11/h5-6,9-10,13,19H,7-8H2,1-4H3/b12-9-. The molecule has 0 saturated heterocycles. The monoisotopic (exact) mass is 286 g/mol. The van der Waals surface area contributed by atoms with Crippen molar-refractivity contribution in [3.8, 4) is 11.5 Å². The van der Waals surface area contributed by atoms with Crippen molar-refractivity contribution in [3.63, 3.8) is 0 Å². The maximum atomic E-state index is 12.8. The van der Waals surface area contributed by atoms with Crippen LogP contribution in [0, 0.1) is 16.7 Å². The van der Waals surface area contributed by atoms with Crippen molar-refractivity contribution in [1.29, 1.82) is 0 Å². The van der Waals surface area contributed by atoms with Gasteiger partial charge in [-0.2, -0.15) is 0 Å². The smallest absolute Gasteiger partial charge is 0.165 e. The number of aromatic hydroxyl groups is 1. The van der Waals surface area contributed by atoms with Crippen molar-refractivity contribution in [2.24, 2.45) is 16.7 Å². The molecule has 2 saturated carbocycles. The first-order valence-corrected chi connectivity index (χ1v) is 7.44. The van der Waals surface area contributed by atoms with E-state index in [1.165, 1.54) is 7.11 Å². The molecule has 2 aliphatic rings. The summed E-state index contributed by atoms with van der Waals surface area (Å²) in [5.41, 5.74) is 1.55. The topological polar surface area (TPSA) is 46.5 Å². The summed E-state index contributed by atoms with van der Waals surface area (Å²) in [5.74, 6) is 1.15. The van der Waals surface area contributed by atoms with E-state index in [1.807, 2.05) is 12.1 Å². The Hall–Kier alpha value is -1.77. The van der Waals surface area contributed by atoms with Crippen molar-refractivity contribution in [2.45, 2.75) is 33.6 Å². The van der Waals surface area contributed by atoms with Crippen LogP contribution in [-0.2, 0) is 4.79 Å². The minimum absolute atomic E-state index is 0.0183. The number of phenolic OH excluding ortho intramolecular Hbond substituents is 1. The zero-order valence-electron chi connectivity index (χ0n) is 13.1. The molecule has 0 amide bonds. The van der Waals surface area contributed by atoms with Gasteiger partial charge in [0, 0.05) is 5.41 Å². The molecule has 0 radical (unpaired) electrons. The number of allylic oxidation sites excluding steroid dienone is 1. The van der Waals surface area contributed by atoms with Gasteiger partial charge in [-0.15, -0.1) is 0 Å². The van der Waals surface area contributed by atoms with E-state index in [0.717, 1.165) is 24.0 Å². The molecule has 21 heavy (non-hydrogen) atoms. The van der Waals surface area contributed by atoms with Crippen molar-refractivity contribution < 1.29 is 14.6 Å². The first-order chi connectivity index (χ1) is 9.81. The van der Waals surface area contributed by atoms with Gasteiger partial charge in [0.2, 0.25) is 0 Å². The van der Waals surface area contributed by atoms with Gasteiger partial charge in [-0.05, 0) is 53.5 Å². The third-order valence-corrected chi connectivity index (χ3v) is 5.89. The molecule has 2 atom stereocenters. The number of phenols is 1. The van der Waals surface area contributed by atoms with Crippen molar-refractivity contribution in [2.75, 3.05) is 7.11 Å². The molecule has 0 spiro atoms. The SMILES string of the molecule is COc1ccc(/C=C2\C(=O)C3(C)CCC2C3(C)C)cc1O. The molecule has 2 aliphatic carbocycles. The highest BCUT2D eigenvalue weighted by Crippen LogP contribution is 2.65. The lowest BCUT2D eigenvalue weighted by molar-refractivity contribution is -0.125. The van der Waals surface area contributed by atoms with E-state index in [1.54, 1.807) is 12.1 Å². The zero-order valence-corrected chi connectivity index (χ0v) is 13.1. The third kappa shape index (κ3) is 1.76. The van der Waals surface area contributed by atoms with E-state index < -0.39 is 0 Å². The van der Waals surface area contributed by atoms with E-state index in [2.05, 4.69) is 20.8 Å². The first-order valence-electron chi connectivity index (χ1n) is 7.44. The van der Waals surface area contributed by atoms with Gasteiger partial charge in [-0.3, -0.25) is 4.79 Å². The average molecular weight is 286 g/mol. The average Bonchev–Trinajstić information content (AvgIpc) is 2.73. The highest BCUT2D eigenvalue weighted by Gasteiger charge is 2.63. The van der Waals surface area contributed by atoms with Gasteiger partial charge in [0.05, 0.1) is 7.11 Å². The molecule has 0 heterocycles. The van der Waals surface area contributed by atoms with Gasteiger partial charge in [0.15, 0.2) is 17.3 Å². The highest BCUT2D eigenvalue weighted by molar-refractivity contribution is 6.07. The fraction of sp³-hybridized carbons (Fsp3) is 0.500. The van der Waals surface area contributed by atoms with Crippen LogP contribution in [0.25, 0.3) is 6.08 Å². The van der Waals surface area contributed by atoms with Gasteiger partial charge in [-0.25, -0.2) is 0 Å². The number of ether oxygens (including phenoxy) is 1. The van der Waals surface area contributed by atoms with Crippen LogP contribution in [0.3, 0.4) is 0 Å². The second kappa shape index (κ2) is 4.36. The van der Waals surface area contributed by atoms with E-state index in [9.17, 15) is 9.90 Å². The lowest BCUT2D eigenvalue weighted by Gasteiger charge is -2.31. The van der Waals surface area contributed by atoms with Crippen LogP contribution in [0.4, 0.5) is 0 Å². The van der Waals surface area contributed by atoms with Crippen LogP contribution < -0.4 is 4.74 Å². The van der Waals surface area contributed by atoms with Crippen LogP contribution in [0.1, 0.15) is 39.2 Å². The Bertz CT molecular complexity index is 642. The number of hydrogen-bond donors (Lipinski definition) is 1. The van der Waals surface area contributed by atoms with Gasteiger partial charge in [0.1, 0.15) is 0 Å². The second-order valence-electron chi connectivity index (χ2n) is 7.01.